The fraction of sp³-hybridized carbons (Fsp3) is 0.471. The Bertz CT molecular complexity index is 907. The van der Waals surface area contributed by atoms with Crippen molar-refractivity contribution in [3.05, 3.63) is 34.1 Å². The lowest BCUT2D eigenvalue weighted by atomic mass is 10.1. The van der Waals surface area contributed by atoms with Gasteiger partial charge in [0.25, 0.3) is 5.56 Å². The Morgan fingerprint density at radius 2 is 2.22 bits per heavy atom. The fourth-order valence-corrected chi connectivity index (χ4v) is 3.62. The smallest absolute Gasteiger partial charge is 0.398 e. The van der Waals surface area contributed by atoms with E-state index in [1.54, 1.807) is 0 Å². The lowest BCUT2D eigenvalue weighted by Crippen LogP contribution is -2.29. The van der Waals surface area contributed by atoms with Crippen molar-refractivity contribution < 1.29 is 27.4 Å². The van der Waals surface area contributed by atoms with Crippen LogP contribution in [-0.4, -0.2) is 47.3 Å². The minimum absolute atomic E-state index is 0.0534. The molecule has 3 rings (SSSR count). The number of hydrogen-bond acceptors (Lipinski definition) is 6. The summed E-state index contributed by atoms with van der Waals surface area (Å²) in [5.74, 6) is -1.79. The van der Waals surface area contributed by atoms with Gasteiger partial charge in [0.1, 0.15) is 0 Å². The predicted octanol–water partition coefficient (Wildman–Crippen LogP) is 3.02. The molecule has 0 bridgehead atoms. The molecule has 0 saturated carbocycles. The van der Waals surface area contributed by atoms with Gasteiger partial charge in [0.05, 0.1) is 42.0 Å². The van der Waals surface area contributed by atoms with Gasteiger partial charge in [0.2, 0.25) is 0 Å². The third-order valence-electron chi connectivity index (χ3n) is 4.12. The molecule has 1 aliphatic heterocycles. The molecule has 1 atom stereocenters. The number of esters is 1. The molecular formula is C17H17F3N2O4S. The molecule has 1 aromatic carbocycles. The molecule has 2 heterocycles. The van der Waals surface area contributed by atoms with Crippen molar-refractivity contribution in [3.63, 3.8) is 0 Å². The third kappa shape index (κ3) is 4.62. The fourth-order valence-electron chi connectivity index (χ4n) is 2.86. The number of carbonyl (C=O) groups excluding carboxylic acids is 1. The summed E-state index contributed by atoms with van der Waals surface area (Å²) in [7, 11) is 1.21. The lowest BCUT2D eigenvalue weighted by Gasteiger charge is -2.17. The first kappa shape index (κ1) is 19.7. The van der Waals surface area contributed by atoms with Crippen molar-refractivity contribution in [1.29, 1.82) is 0 Å². The largest absolute Gasteiger partial charge is 0.465 e. The van der Waals surface area contributed by atoms with Crippen LogP contribution < -0.4 is 5.56 Å². The van der Waals surface area contributed by atoms with E-state index in [9.17, 15) is 22.8 Å². The van der Waals surface area contributed by atoms with E-state index < -0.39 is 23.5 Å². The average Bonchev–Trinajstić information content (AvgIpc) is 3.14. The maximum absolute atomic E-state index is 12.9. The standard InChI is InChI=1S/C17H17F3N2O4S/c1-25-15(24)10-4-5-12-13(7-10)21-16(27-9-17(18,19)20)22(14(12)23)8-11-3-2-6-26-11/h4-5,7,11H,2-3,6,8-9H2,1H3/t11-/m0/s1. The molecule has 6 nitrogen and oxygen atoms in total. The summed E-state index contributed by atoms with van der Waals surface area (Å²) >= 11 is 0.441. The molecule has 0 aliphatic carbocycles. The number of fused-ring (bicyclic) bond motifs is 1. The predicted molar refractivity (Wildman–Crippen MR) is 93.1 cm³/mol. The quantitative estimate of drug-likeness (QED) is 0.435. The number of aromatic nitrogens is 2. The van der Waals surface area contributed by atoms with E-state index in [1.165, 1.54) is 29.9 Å². The van der Waals surface area contributed by atoms with E-state index >= 15 is 0 Å². The molecule has 10 heteroatoms. The third-order valence-corrected chi connectivity index (χ3v) is 5.16. The van der Waals surface area contributed by atoms with Crippen LogP contribution in [0.15, 0.2) is 28.2 Å². The highest BCUT2D eigenvalue weighted by atomic mass is 32.2. The number of hydrogen-bond donors (Lipinski definition) is 0. The SMILES string of the molecule is COC(=O)c1ccc2c(=O)n(C[C@@H]3CCCO3)c(SCC(F)(F)F)nc2c1. The molecule has 146 valence electrons. The number of rotatable bonds is 5. The summed E-state index contributed by atoms with van der Waals surface area (Å²) < 4.78 is 49.4. The number of alkyl halides is 3. The number of nitrogens with zero attached hydrogens (tertiary/aromatic N) is 2. The highest BCUT2D eigenvalue weighted by Crippen LogP contribution is 2.27. The van der Waals surface area contributed by atoms with Crippen LogP contribution in [0.25, 0.3) is 10.9 Å². The van der Waals surface area contributed by atoms with E-state index in [0.29, 0.717) is 18.4 Å². The van der Waals surface area contributed by atoms with Crippen molar-refractivity contribution in [2.24, 2.45) is 0 Å². The minimum Gasteiger partial charge on any atom is -0.465 e. The van der Waals surface area contributed by atoms with Crippen LogP contribution in [-0.2, 0) is 16.0 Å². The van der Waals surface area contributed by atoms with Crippen LogP contribution in [0.2, 0.25) is 0 Å². The molecule has 1 saturated heterocycles. The van der Waals surface area contributed by atoms with Gasteiger partial charge in [-0.2, -0.15) is 13.2 Å². The summed E-state index contributed by atoms with van der Waals surface area (Å²) in [6.45, 7) is 0.703. The first-order valence-corrected chi connectivity index (χ1v) is 9.21. The second-order valence-electron chi connectivity index (χ2n) is 6.07. The van der Waals surface area contributed by atoms with Crippen LogP contribution in [0, 0.1) is 0 Å². The van der Waals surface area contributed by atoms with Crippen molar-refractivity contribution in [3.8, 4) is 0 Å². The van der Waals surface area contributed by atoms with E-state index in [1.807, 2.05) is 0 Å². The maximum atomic E-state index is 12.9. The maximum Gasteiger partial charge on any atom is 0.398 e. The van der Waals surface area contributed by atoms with Crippen LogP contribution in [0.1, 0.15) is 23.2 Å². The highest BCUT2D eigenvalue weighted by molar-refractivity contribution is 7.99. The Morgan fingerprint density at radius 3 is 2.85 bits per heavy atom. The molecule has 27 heavy (non-hydrogen) atoms. The zero-order valence-electron chi connectivity index (χ0n) is 14.4. The first-order chi connectivity index (χ1) is 12.8. The van der Waals surface area contributed by atoms with Crippen molar-refractivity contribution >= 4 is 28.6 Å². The molecule has 0 spiro atoms. The van der Waals surface area contributed by atoms with E-state index in [4.69, 9.17) is 4.74 Å². The summed E-state index contributed by atoms with van der Waals surface area (Å²) in [6, 6.07) is 4.20. The Balaban J connectivity index is 2.06. The van der Waals surface area contributed by atoms with E-state index in [0.717, 1.165) is 12.8 Å². The van der Waals surface area contributed by atoms with Crippen molar-refractivity contribution in [2.45, 2.75) is 36.8 Å². The van der Waals surface area contributed by atoms with E-state index in [-0.39, 0.29) is 34.3 Å². The van der Waals surface area contributed by atoms with Crippen LogP contribution in [0.3, 0.4) is 0 Å². The second kappa shape index (κ2) is 7.89. The van der Waals surface area contributed by atoms with Gasteiger partial charge >= 0.3 is 12.1 Å². The molecule has 0 amide bonds. The monoisotopic (exact) mass is 402 g/mol. The highest BCUT2D eigenvalue weighted by Gasteiger charge is 2.29. The molecule has 0 N–H and O–H groups in total. The van der Waals surface area contributed by atoms with Gasteiger partial charge in [-0.3, -0.25) is 9.36 Å². The average molecular weight is 402 g/mol. The van der Waals surface area contributed by atoms with Crippen LogP contribution >= 0.6 is 11.8 Å². The van der Waals surface area contributed by atoms with Crippen LogP contribution in [0.5, 0.6) is 0 Å². The summed E-state index contributed by atoms with van der Waals surface area (Å²) in [6.07, 6.45) is -3.07. The number of thioether (sulfide) groups is 1. The Morgan fingerprint density at radius 1 is 1.44 bits per heavy atom. The molecule has 0 unspecified atom stereocenters. The summed E-state index contributed by atoms with van der Waals surface area (Å²) in [5, 5.41) is 0.166. The van der Waals surface area contributed by atoms with Gasteiger partial charge in [-0.25, -0.2) is 9.78 Å². The summed E-state index contributed by atoms with van der Waals surface area (Å²) in [5.41, 5.74) is -0.145. The molecule has 2 aromatic rings. The molecular weight excluding hydrogens is 385 g/mol. The second-order valence-corrected chi connectivity index (χ2v) is 7.02. The number of halogens is 3. The van der Waals surface area contributed by atoms with Crippen molar-refractivity contribution in [2.75, 3.05) is 19.5 Å². The topological polar surface area (TPSA) is 70.4 Å². The first-order valence-electron chi connectivity index (χ1n) is 8.22. The van der Waals surface area contributed by atoms with Gasteiger partial charge in [-0.15, -0.1) is 0 Å². The molecule has 1 fully saturated rings. The number of carbonyl (C=O) groups is 1. The summed E-state index contributed by atoms with van der Waals surface area (Å²) in [4.78, 5) is 28.8. The van der Waals surface area contributed by atoms with Crippen molar-refractivity contribution in [1.82, 2.24) is 9.55 Å². The lowest BCUT2D eigenvalue weighted by molar-refractivity contribution is -0.105. The molecule has 0 radical (unpaired) electrons. The zero-order valence-corrected chi connectivity index (χ0v) is 15.2. The number of methoxy groups -OCH3 is 1. The van der Waals surface area contributed by atoms with Gasteiger partial charge in [-0.1, -0.05) is 11.8 Å². The Hall–Kier alpha value is -2.07. The Labute approximate surface area is 156 Å². The Kier molecular flexibility index (Phi) is 5.75. The van der Waals surface area contributed by atoms with Gasteiger partial charge in [-0.05, 0) is 31.0 Å². The minimum atomic E-state index is -4.40. The van der Waals surface area contributed by atoms with E-state index in [2.05, 4.69) is 9.72 Å². The number of benzene rings is 1. The molecule has 1 aromatic heterocycles. The molecule has 1 aliphatic rings. The van der Waals surface area contributed by atoms with Gasteiger partial charge in [0.15, 0.2) is 5.16 Å². The van der Waals surface area contributed by atoms with Crippen LogP contribution in [0.4, 0.5) is 13.2 Å². The number of ether oxygens (including phenoxy) is 2. The van der Waals surface area contributed by atoms with Gasteiger partial charge in [0, 0.05) is 6.61 Å². The normalized spacial score (nSPS) is 17.4. The zero-order chi connectivity index (χ0) is 19.6. The van der Waals surface area contributed by atoms with Gasteiger partial charge < -0.3 is 9.47 Å².